The molecule has 6 rings (SSSR count). The lowest BCUT2D eigenvalue weighted by atomic mass is 9.95. The number of esters is 2. The fourth-order valence-electron chi connectivity index (χ4n) is 5.61. The Kier molecular flexibility index (Phi) is 9.04. The van der Waals surface area contributed by atoms with Crippen LogP contribution in [-0.2, 0) is 14.3 Å². The van der Waals surface area contributed by atoms with Crippen LogP contribution in [0.25, 0.3) is 23.0 Å². The van der Waals surface area contributed by atoms with Gasteiger partial charge in [-0.25, -0.2) is 19.3 Å². The number of methoxy groups -OCH3 is 2. The van der Waals surface area contributed by atoms with Gasteiger partial charge >= 0.3 is 11.9 Å². The molecule has 3 heterocycles. The third kappa shape index (κ3) is 6.03. The molecule has 0 radical (unpaired) electrons. The standard InChI is InChI=1S/C37H32N4O6S/c1-6-18-47-29-17-16-26(19-22(29)2)32-27(21-40(39-32)28-10-8-7-9-11-28)20-30-34(42)41-33(24-12-14-25(15-13-24)35(43)45-4)31(36(44)46-5)23(3)38-37(41)48-30/h6-17,19-21,33H,1,18H2,2-5H3/b30-20-. The summed E-state index contributed by atoms with van der Waals surface area (Å²) in [5, 5.41) is 4.94. The molecule has 5 aromatic rings. The van der Waals surface area contributed by atoms with Crippen molar-refractivity contribution in [3.05, 3.63) is 145 Å². The number of hydrogen-bond acceptors (Lipinski definition) is 9. The minimum Gasteiger partial charge on any atom is -0.489 e. The first-order chi connectivity index (χ1) is 23.2. The van der Waals surface area contributed by atoms with Gasteiger partial charge in [0.1, 0.15) is 18.1 Å². The first-order valence-electron chi connectivity index (χ1n) is 15.0. The van der Waals surface area contributed by atoms with Crippen LogP contribution in [0.5, 0.6) is 5.75 Å². The average Bonchev–Trinajstić information content (AvgIpc) is 3.67. The summed E-state index contributed by atoms with van der Waals surface area (Å²) in [6, 6.07) is 21.3. The number of fused-ring (bicyclic) bond motifs is 1. The largest absolute Gasteiger partial charge is 0.489 e. The Morgan fingerprint density at radius 2 is 1.71 bits per heavy atom. The number of carbonyl (C=O) groups excluding carboxylic acids is 2. The van der Waals surface area contributed by atoms with Crippen molar-refractivity contribution >= 4 is 29.4 Å². The molecule has 2 aromatic heterocycles. The minimum atomic E-state index is -0.834. The Morgan fingerprint density at radius 1 is 0.979 bits per heavy atom. The number of rotatable bonds is 9. The van der Waals surface area contributed by atoms with Crippen LogP contribution < -0.4 is 19.6 Å². The van der Waals surface area contributed by atoms with E-state index in [-0.39, 0.29) is 11.1 Å². The second-order valence-corrected chi connectivity index (χ2v) is 12.0. The average molecular weight is 661 g/mol. The smallest absolute Gasteiger partial charge is 0.338 e. The summed E-state index contributed by atoms with van der Waals surface area (Å²) >= 11 is 1.22. The summed E-state index contributed by atoms with van der Waals surface area (Å²) in [7, 11) is 2.59. The normalized spacial score (nSPS) is 14.2. The first kappa shape index (κ1) is 32.1. The van der Waals surface area contributed by atoms with Gasteiger partial charge in [0.15, 0.2) is 4.80 Å². The molecule has 0 bridgehead atoms. The van der Waals surface area contributed by atoms with Gasteiger partial charge in [0.05, 0.1) is 47.3 Å². The third-order valence-corrected chi connectivity index (χ3v) is 8.91. The number of benzene rings is 3. The van der Waals surface area contributed by atoms with Crippen LogP contribution >= 0.6 is 11.3 Å². The van der Waals surface area contributed by atoms with E-state index in [1.54, 1.807) is 48.0 Å². The van der Waals surface area contributed by atoms with E-state index >= 15 is 0 Å². The van der Waals surface area contributed by atoms with Crippen molar-refractivity contribution in [2.24, 2.45) is 4.99 Å². The Morgan fingerprint density at radius 3 is 2.38 bits per heavy atom. The molecule has 0 N–H and O–H groups in total. The number of hydrogen-bond donors (Lipinski definition) is 0. The van der Waals surface area contributed by atoms with Gasteiger partial charge in [-0.15, -0.1) is 0 Å². The fraction of sp³-hybridized carbons (Fsp3) is 0.162. The topological polar surface area (TPSA) is 114 Å². The van der Waals surface area contributed by atoms with Crippen LogP contribution in [0.4, 0.5) is 0 Å². The second kappa shape index (κ2) is 13.5. The van der Waals surface area contributed by atoms with Crippen LogP contribution in [0.1, 0.15) is 40.0 Å². The molecule has 3 aromatic carbocycles. The summed E-state index contributed by atoms with van der Waals surface area (Å²) < 4.78 is 19.4. The SMILES string of the molecule is C=CCOc1ccc(-c2nn(-c3ccccc3)cc2/C=c2\sc3n(c2=O)C(c2ccc(C(=O)OC)cc2)C(C(=O)OC)=C(C)N=3)cc1C. The Bertz CT molecular complexity index is 2260. The molecule has 0 saturated carbocycles. The number of nitrogens with zero attached hydrogens (tertiary/aromatic N) is 4. The summed E-state index contributed by atoms with van der Waals surface area (Å²) in [5.41, 5.74) is 5.30. The Balaban J connectivity index is 1.53. The molecule has 10 nitrogen and oxygen atoms in total. The molecule has 1 aliphatic rings. The number of carbonyl (C=O) groups is 2. The van der Waals surface area contributed by atoms with Gasteiger partial charge in [-0.1, -0.05) is 54.3 Å². The zero-order valence-corrected chi connectivity index (χ0v) is 27.6. The van der Waals surface area contributed by atoms with E-state index < -0.39 is 18.0 Å². The van der Waals surface area contributed by atoms with E-state index in [0.717, 1.165) is 22.6 Å². The van der Waals surface area contributed by atoms with Gasteiger partial charge in [-0.3, -0.25) is 9.36 Å². The molecule has 11 heteroatoms. The molecule has 242 valence electrons. The second-order valence-electron chi connectivity index (χ2n) is 11.0. The highest BCUT2D eigenvalue weighted by Gasteiger charge is 2.33. The summed E-state index contributed by atoms with van der Waals surface area (Å²) in [5.74, 6) is -0.353. The predicted molar refractivity (Wildman–Crippen MR) is 183 cm³/mol. The van der Waals surface area contributed by atoms with Crippen LogP contribution in [-0.4, -0.2) is 47.1 Å². The van der Waals surface area contributed by atoms with Crippen molar-refractivity contribution in [1.29, 1.82) is 0 Å². The highest BCUT2D eigenvalue weighted by atomic mass is 32.1. The zero-order valence-electron chi connectivity index (χ0n) is 26.8. The number of ether oxygens (including phenoxy) is 3. The molecular weight excluding hydrogens is 628 g/mol. The predicted octanol–water partition coefficient (Wildman–Crippen LogP) is 4.92. The molecule has 0 saturated heterocycles. The third-order valence-electron chi connectivity index (χ3n) is 7.93. The zero-order chi connectivity index (χ0) is 33.9. The number of para-hydroxylation sites is 1. The van der Waals surface area contributed by atoms with Gasteiger partial charge < -0.3 is 14.2 Å². The molecule has 0 amide bonds. The Hall–Kier alpha value is -5.81. The van der Waals surface area contributed by atoms with E-state index in [1.165, 1.54) is 30.1 Å². The molecular formula is C37H32N4O6S. The van der Waals surface area contributed by atoms with E-state index in [2.05, 4.69) is 11.6 Å². The van der Waals surface area contributed by atoms with E-state index in [0.29, 0.717) is 44.0 Å². The van der Waals surface area contributed by atoms with Gasteiger partial charge in [0, 0.05) is 17.3 Å². The molecule has 48 heavy (non-hydrogen) atoms. The fourth-order valence-corrected chi connectivity index (χ4v) is 6.64. The molecule has 1 atom stereocenters. The number of aryl methyl sites for hydroxylation is 1. The highest BCUT2D eigenvalue weighted by Crippen LogP contribution is 2.32. The summed E-state index contributed by atoms with van der Waals surface area (Å²) in [6.45, 7) is 7.79. The van der Waals surface area contributed by atoms with Crippen molar-refractivity contribution in [3.63, 3.8) is 0 Å². The van der Waals surface area contributed by atoms with Crippen molar-refractivity contribution in [2.75, 3.05) is 20.8 Å². The van der Waals surface area contributed by atoms with Crippen LogP contribution in [0.15, 0.2) is 113 Å². The minimum absolute atomic E-state index is 0.231. The summed E-state index contributed by atoms with van der Waals surface area (Å²) in [4.78, 5) is 44.6. The molecule has 0 fully saturated rings. The maximum Gasteiger partial charge on any atom is 0.338 e. The molecule has 0 spiro atoms. The quantitative estimate of drug-likeness (QED) is 0.163. The lowest BCUT2D eigenvalue weighted by Crippen LogP contribution is -2.39. The highest BCUT2D eigenvalue weighted by molar-refractivity contribution is 7.07. The summed E-state index contributed by atoms with van der Waals surface area (Å²) in [6.07, 6.45) is 5.38. The number of aromatic nitrogens is 3. The first-order valence-corrected chi connectivity index (χ1v) is 15.8. The molecule has 1 aliphatic heterocycles. The molecule has 1 unspecified atom stereocenters. The maximum absolute atomic E-state index is 14.3. The maximum atomic E-state index is 14.3. The molecule has 0 aliphatic carbocycles. The van der Waals surface area contributed by atoms with Crippen molar-refractivity contribution in [1.82, 2.24) is 14.3 Å². The van der Waals surface area contributed by atoms with Crippen molar-refractivity contribution < 1.29 is 23.8 Å². The van der Waals surface area contributed by atoms with E-state index in [1.807, 2.05) is 61.7 Å². The lowest BCUT2D eigenvalue weighted by Gasteiger charge is -2.24. The van der Waals surface area contributed by atoms with Crippen LogP contribution in [0.2, 0.25) is 0 Å². The lowest BCUT2D eigenvalue weighted by molar-refractivity contribution is -0.136. The number of allylic oxidation sites excluding steroid dienone is 1. The van der Waals surface area contributed by atoms with Gasteiger partial charge in [-0.05, 0) is 73.5 Å². The van der Waals surface area contributed by atoms with Gasteiger partial charge in [-0.2, -0.15) is 5.10 Å². The van der Waals surface area contributed by atoms with E-state index in [9.17, 15) is 14.4 Å². The van der Waals surface area contributed by atoms with Crippen LogP contribution in [0, 0.1) is 6.92 Å². The van der Waals surface area contributed by atoms with Crippen molar-refractivity contribution in [3.8, 4) is 22.7 Å². The number of thiazole rings is 1. The van der Waals surface area contributed by atoms with Gasteiger partial charge in [0.2, 0.25) is 0 Å². The van der Waals surface area contributed by atoms with Gasteiger partial charge in [0.25, 0.3) is 5.56 Å². The van der Waals surface area contributed by atoms with Crippen LogP contribution in [0.3, 0.4) is 0 Å². The monoisotopic (exact) mass is 660 g/mol. The van der Waals surface area contributed by atoms with Crippen molar-refractivity contribution in [2.45, 2.75) is 19.9 Å². The Labute approximate surface area is 280 Å². The van der Waals surface area contributed by atoms with E-state index in [4.69, 9.17) is 19.3 Å².